The molecule has 1 spiro atoms. The number of aliphatic hydroxyl groups is 1. The monoisotopic (exact) mass is 203 g/mol. The molecule has 1 aliphatic carbocycles. The van der Waals surface area contributed by atoms with Gasteiger partial charge in [-0.15, -0.1) is 0 Å². The van der Waals surface area contributed by atoms with Gasteiger partial charge in [0.2, 0.25) is 0 Å². The van der Waals surface area contributed by atoms with Gasteiger partial charge in [0.25, 0.3) is 0 Å². The third-order valence-electron chi connectivity index (χ3n) is 3.70. The van der Waals surface area contributed by atoms with E-state index in [9.17, 15) is 5.11 Å². The van der Waals surface area contributed by atoms with E-state index in [1.165, 1.54) is 18.7 Å². The number of likely N-dealkylation sites (tertiary alicyclic amines) is 1. The van der Waals surface area contributed by atoms with E-state index in [-0.39, 0.29) is 6.10 Å². The molecule has 0 unspecified atom stereocenters. The molecule has 3 rings (SSSR count). The first-order valence-electron chi connectivity index (χ1n) is 5.70. The highest BCUT2D eigenvalue weighted by Crippen LogP contribution is 2.48. The van der Waals surface area contributed by atoms with Crippen LogP contribution in [-0.4, -0.2) is 29.2 Å². The Morgan fingerprint density at radius 1 is 1.20 bits per heavy atom. The highest BCUT2D eigenvalue weighted by Gasteiger charge is 2.51. The fourth-order valence-electron chi connectivity index (χ4n) is 3.05. The average molecular weight is 203 g/mol. The zero-order valence-electron chi connectivity index (χ0n) is 8.89. The molecule has 0 amide bonds. The summed E-state index contributed by atoms with van der Waals surface area (Å²) < 4.78 is 0. The van der Waals surface area contributed by atoms with E-state index in [1.807, 2.05) is 0 Å². The molecule has 0 atom stereocenters. The van der Waals surface area contributed by atoms with Crippen LogP contribution in [0, 0.1) is 5.41 Å². The number of benzene rings is 1. The number of hydrogen-bond acceptors (Lipinski definition) is 2. The number of nitrogens with zero attached hydrogens (tertiary/aromatic N) is 1. The average Bonchev–Trinajstić information content (AvgIpc) is 2.14. The van der Waals surface area contributed by atoms with E-state index < -0.39 is 0 Å². The van der Waals surface area contributed by atoms with Crippen molar-refractivity contribution in [3.05, 3.63) is 35.9 Å². The number of hydrogen-bond donors (Lipinski definition) is 1. The van der Waals surface area contributed by atoms with Crippen LogP contribution in [-0.2, 0) is 6.54 Å². The molecule has 1 N–H and O–H groups in total. The van der Waals surface area contributed by atoms with E-state index in [0.29, 0.717) is 5.41 Å². The first-order chi connectivity index (χ1) is 7.26. The minimum Gasteiger partial charge on any atom is -0.393 e. The van der Waals surface area contributed by atoms with Crippen molar-refractivity contribution >= 4 is 0 Å². The molecule has 1 saturated heterocycles. The summed E-state index contributed by atoms with van der Waals surface area (Å²) in [7, 11) is 0. The molecule has 15 heavy (non-hydrogen) atoms. The van der Waals surface area contributed by atoms with Gasteiger partial charge in [0.15, 0.2) is 0 Å². The van der Waals surface area contributed by atoms with Crippen molar-refractivity contribution in [3.63, 3.8) is 0 Å². The lowest BCUT2D eigenvalue weighted by Crippen LogP contribution is -2.63. The predicted octanol–water partition coefficient (Wildman–Crippen LogP) is 1.64. The lowest BCUT2D eigenvalue weighted by atomic mass is 9.62. The van der Waals surface area contributed by atoms with Gasteiger partial charge < -0.3 is 5.11 Å². The van der Waals surface area contributed by atoms with E-state index in [2.05, 4.69) is 35.2 Å². The molecular weight excluding hydrogens is 186 g/mol. The first-order valence-corrected chi connectivity index (χ1v) is 5.70. The molecule has 1 heterocycles. The van der Waals surface area contributed by atoms with Gasteiger partial charge >= 0.3 is 0 Å². The second-order valence-corrected chi connectivity index (χ2v) is 5.19. The summed E-state index contributed by atoms with van der Waals surface area (Å²) in [5, 5.41) is 9.31. The summed E-state index contributed by atoms with van der Waals surface area (Å²) >= 11 is 0. The van der Waals surface area contributed by atoms with Crippen LogP contribution >= 0.6 is 0 Å². The molecule has 2 nitrogen and oxygen atoms in total. The van der Waals surface area contributed by atoms with Crippen molar-refractivity contribution in [1.82, 2.24) is 4.90 Å². The zero-order valence-corrected chi connectivity index (χ0v) is 8.89. The van der Waals surface area contributed by atoms with Gasteiger partial charge in [-0.05, 0) is 18.4 Å². The van der Waals surface area contributed by atoms with Crippen molar-refractivity contribution in [2.24, 2.45) is 5.41 Å². The van der Waals surface area contributed by atoms with Gasteiger partial charge in [0.1, 0.15) is 0 Å². The summed E-state index contributed by atoms with van der Waals surface area (Å²) in [6.07, 6.45) is 2.04. The normalized spacial score (nSPS) is 24.9. The zero-order chi connectivity index (χ0) is 10.3. The van der Waals surface area contributed by atoms with Crippen molar-refractivity contribution in [2.45, 2.75) is 25.5 Å². The van der Waals surface area contributed by atoms with Crippen LogP contribution in [0.2, 0.25) is 0 Å². The van der Waals surface area contributed by atoms with Crippen LogP contribution in [0.5, 0.6) is 0 Å². The van der Waals surface area contributed by atoms with E-state index >= 15 is 0 Å². The van der Waals surface area contributed by atoms with Crippen LogP contribution in [0.4, 0.5) is 0 Å². The highest BCUT2D eigenvalue weighted by molar-refractivity contribution is 5.16. The second kappa shape index (κ2) is 3.32. The largest absolute Gasteiger partial charge is 0.393 e. The molecule has 0 radical (unpaired) electrons. The SMILES string of the molecule is OC1CC2(C1)CN(Cc1ccccc1)C2. The molecule has 1 aliphatic heterocycles. The van der Waals surface area contributed by atoms with Crippen molar-refractivity contribution in [3.8, 4) is 0 Å². The number of aliphatic hydroxyl groups excluding tert-OH is 1. The first kappa shape index (κ1) is 9.37. The Hall–Kier alpha value is -0.860. The lowest BCUT2D eigenvalue weighted by molar-refractivity contribution is -0.131. The Morgan fingerprint density at radius 2 is 1.87 bits per heavy atom. The van der Waals surface area contributed by atoms with Gasteiger partial charge in [0, 0.05) is 25.0 Å². The van der Waals surface area contributed by atoms with E-state index in [1.54, 1.807) is 0 Å². The minimum absolute atomic E-state index is 0.0103. The molecule has 0 aromatic heterocycles. The van der Waals surface area contributed by atoms with E-state index in [4.69, 9.17) is 0 Å². The third kappa shape index (κ3) is 1.68. The third-order valence-corrected chi connectivity index (χ3v) is 3.70. The summed E-state index contributed by atoms with van der Waals surface area (Å²) in [5.74, 6) is 0. The highest BCUT2D eigenvalue weighted by atomic mass is 16.3. The van der Waals surface area contributed by atoms with Crippen molar-refractivity contribution in [2.75, 3.05) is 13.1 Å². The molecule has 1 aromatic rings. The van der Waals surface area contributed by atoms with Gasteiger partial charge in [-0.2, -0.15) is 0 Å². The molecular formula is C13H17NO. The molecule has 0 bridgehead atoms. The quantitative estimate of drug-likeness (QED) is 0.790. The molecule has 80 valence electrons. The lowest BCUT2D eigenvalue weighted by Gasteiger charge is -2.58. The Kier molecular flexibility index (Phi) is 2.08. The van der Waals surface area contributed by atoms with Gasteiger partial charge in [0.05, 0.1) is 6.10 Å². The predicted molar refractivity (Wildman–Crippen MR) is 59.4 cm³/mol. The fraction of sp³-hybridized carbons (Fsp3) is 0.538. The topological polar surface area (TPSA) is 23.5 Å². The Morgan fingerprint density at radius 3 is 2.47 bits per heavy atom. The summed E-state index contributed by atoms with van der Waals surface area (Å²) in [4.78, 5) is 2.47. The van der Waals surface area contributed by atoms with E-state index in [0.717, 1.165) is 19.4 Å². The van der Waals surface area contributed by atoms with Gasteiger partial charge in [-0.25, -0.2) is 0 Å². The molecule has 1 saturated carbocycles. The summed E-state index contributed by atoms with van der Waals surface area (Å²) in [5.41, 5.74) is 1.89. The van der Waals surface area contributed by atoms with Gasteiger partial charge in [-0.3, -0.25) is 4.90 Å². The summed E-state index contributed by atoms with van der Waals surface area (Å²) in [6.45, 7) is 3.43. The Labute approximate surface area is 90.5 Å². The maximum atomic E-state index is 9.31. The van der Waals surface area contributed by atoms with Crippen LogP contribution in [0.1, 0.15) is 18.4 Å². The summed E-state index contributed by atoms with van der Waals surface area (Å²) in [6, 6.07) is 10.6. The van der Waals surface area contributed by atoms with Crippen molar-refractivity contribution in [1.29, 1.82) is 0 Å². The second-order valence-electron chi connectivity index (χ2n) is 5.19. The van der Waals surface area contributed by atoms with Crippen LogP contribution in [0.15, 0.2) is 30.3 Å². The number of rotatable bonds is 2. The smallest absolute Gasteiger partial charge is 0.0552 e. The van der Waals surface area contributed by atoms with Crippen LogP contribution < -0.4 is 0 Å². The molecule has 2 aliphatic rings. The Balaban J connectivity index is 1.52. The van der Waals surface area contributed by atoms with Crippen LogP contribution in [0.25, 0.3) is 0 Å². The molecule has 2 fully saturated rings. The van der Waals surface area contributed by atoms with Gasteiger partial charge in [-0.1, -0.05) is 30.3 Å². The Bertz CT molecular complexity index is 335. The standard InChI is InChI=1S/C13H17NO/c15-12-6-13(7-12)9-14(10-13)8-11-4-2-1-3-5-11/h1-5,12,15H,6-10H2. The minimum atomic E-state index is -0.0103. The van der Waals surface area contributed by atoms with Crippen molar-refractivity contribution < 1.29 is 5.11 Å². The molecule has 2 heteroatoms. The van der Waals surface area contributed by atoms with Crippen LogP contribution in [0.3, 0.4) is 0 Å². The maximum Gasteiger partial charge on any atom is 0.0552 e. The maximum absolute atomic E-state index is 9.31. The fourth-order valence-corrected chi connectivity index (χ4v) is 3.05. The molecule has 1 aromatic carbocycles.